The lowest BCUT2D eigenvalue weighted by Gasteiger charge is -2.14. The van der Waals surface area contributed by atoms with E-state index in [-0.39, 0.29) is 24.0 Å². The highest BCUT2D eigenvalue weighted by Gasteiger charge is 2.47. The molecule has 1 saturated carbocycles. The summed E-state index contributed by atoms with van der Waals surface area (Å²) >= 11 is 5.78. The monoisotopic (exact) mass is 361 g/mol. The summed E-state index contributed by atoms with van der Waals surface area (Å²) in [5.41, 5.74) is 6.37. The summed E-state index contributed by atoms with van der Waals surface area (Å²) in [6.45, 7) is 0. The highest BCUT2D eigenvalue weighted by molar-refractivity contribution is 6.30. The molecule has 2 N–H and O–H groups in total. The van der Waals surface area contributed by atoms with Crippen LogP contribution in [0.15, 0.2) is 41.5 Å². The Morgan fingerprint density at radius 2 is 2.16 bits per heavy atom. The number of nitrogens with two attached hydrogens (primary N) is 1. The topological polar surface area (TPSA) is 77.6 Å². The van der Waals surface area contributed by atoms with Gasteiger partial charge in [0.15, 0.2) is 5.78 Å². The number of carbonyl (C=O) groups is 1. The smallest absolute Gasteiger partial charge is 0.282 e. The van der Waals surface area contributed by atoms with Crippen molar-refractivity contribution in [3.63, 3.8) is 0 Å². The van der Waals surface area contributed by atoms with E-state index >= 15 is 0 Å². The number of rotatable bonds is 5. The molecule has 7 heteroatoms. The number of carbonyl (C=O) groups excluding carboxylic acids is 1. The van der Waals surface area contributed by atoms with Crippen molar-refractivity contribution in [3.8, 4) is 0 Å². The van der Waals surface area contributed by atoms with Gasteiger partial charge in [0.2, 0.25) is 0 Å². The second-order valence-corrected chi connectivity index (χ2v) is 6.40. The van der Waals surface area contributed by atoms with Crippen molar-refractivity contribution in [1.29, 1.82) is 0 Å². The molecule has 0 spiro atoms. The van der Waals surface area contributed by atoms with Crippen molar-refractivity contribution in [3.05, 3.63) is 64.2 Å². The van der Waals surface area contributed by atoms with Gasteiger partial charge in [0, 0.05) is 18.2 Å². The van der Waals surface area contributed by atoms with Gasteiger partial charge in [0.05, 0.1) is 17.7 Å². The summed E-state index contributed by atoms with van der Waals surface area (Å²) in [6, 6.07) is 7.81. The van der Waals surface area contributed by atoms with Gasteiger partial charge in [-0.3, -0.25) is 9.78 Å². The number of ketones is 1. The quantitative estimate of drug-likeness (QED) is 0.503. The van der Waals surface area contributed by atoms with Gasteiger partial charge >= 0.3 is 0 Å². The number of methoxy groups -OCH3 is 1. The van der Waals surface area contributed by atoms with Gasteiger partial charge in [-0.2, -0.15) is 0 Å². The number of pyridine rings is 1. The summed E-state index contributed by atoms with van der Waals surface area (Å²) in [7, 11) is 1.42. The molecule has 0 saturated heterocycles. The number of halogens is 2. The molecule has 0 bridgehead atoms. The lowest BCUT2D eigenvalue weighted by atomic mass is 9.98. The summed E-state index contributed by atoms with van der Waals surface area (Å²) in [5, 5.41) is 0.463. The molecular weight excluding hydrogens is 345 g/mol. The maximum atomic E-state index is 14.3. The van der Waals surface area contributed by atoms with E-state index in [1.807, 2.05) is 0 Å². The second kappa shape index (κ2) is 6.80. The first-order valence-corrected chi connectivity index (χ1v) is 8.14. The third kappa shape index (κ3) is 3.79. The van der Waals surface area contributed by atoms with E-state index < -0.39 is 5.54 Å². The van der Waals surface area contributed by atoms with Crippen LogP contribution in [-0.2, 0) is 16.7 Å². The number of Topliss-reactive ketones (excluding diaryl/α,β-unsaturated/α-hetero) is 1. The van der Waals surface area contributed by atoms with E-state index in [1.54, 1.807) is 24.3 Å². The van der Waals surface area contributed by atoms with E-state index in [0.717, 1.165) is 0 Å². The van der Waals surface area contributed by atoms with Crippen LogP contribution in [0.1, 0.15) is 34.5 Å². The second-order valence-electron chi connectivity index (χ2n) is 5.96. The molecule has 0 aliphatic heterocycles. The zero-order chi connectivity index (χ0) is 18.0. The first-order valence-electron chi connectivity index (χ1n) is 7.76. The average Bonchev–Trinajstić information content (AvgIpc) is 3.37. The van der Waals surface area contributed by atoms with Crippen LogP contribution >= 0.6 is 11.6 Å². The fourth-order valence-corrected chi connectivity index (χ4v) is 2.78. The standard InChI is InChI=1S/C18H17ClFN3O2/c1-25-17(21)23-18(6-7-18)13-8-11(2-4-14(13)20)9-16(24)15-5-3-12(19)10-22-15/h2-5,8,10H,6-7,9H2,1H3,(H2,21,23). The third-order valence-electron chi connectivity index (χ3n) is 4.17. The fourth-order valence-electron chi connectivity index (χ4n) is 2.67. The number of aromatic nitrogens is 1. The first kappa shape index (κ1) is 17.4. The Kier molecular flexibility index (Phi) is 4.72. The normalized spacial score (nSPS) is 15.7. The van der Waals surface area contributed by atoms with E-state index in [4.69, 9.17) is 22.1 Å². The Hall–Kier alpha value is -2.47. The number of aliphatic imine (C=N–C) groups is 1. The molecule has 25 heavy (non-hydrogen) atoms. The van der Waals surface area contributed by atoms with E-state index in [0.29, 0.717) is 34.7 Å². The molecule has 1 aromatic carbocycles. The van der Waals surface area contributed by atoms with Crippen LogP contribution in [0.3, 0.4) is 0 Å². The van der Waals surface area contributed by atoms with Crippen LogP contribution < -0.4 is 5.73 Å². The minimum Gasteiger partial charge on any atom is -0.469 e. The summed E-state index contributed by atoms with van der Waals surface area (Å²) < 4.78 is 19.2. The van der Waals surface area contributed by atoms with Gasteiger partial charge < -0.3 is 10.5 Å². The number of nitrogens with zero attached hydrogens (tertiary/aromatic N) is 2. The van der Waals surface area contributed by atoms with Gasteiger partial charge in [-0.25, -0.2) is 9.38 Å². The van der Waals surface area contributed by atoms with Gasteiger partial charge in [0.1, 0.15) is 11.5 Å². The lowest BCUT2D eigenvalue weighted by molar-refractivity contribution is 0.0988. The molecule has 1 fully saturated rings. The predicted molar refractivity (Wildman–Crippen MR) is 93.2 cm³/mol. The largest absolute Gasteiger partial charge is 0.469 e. The van der Waals surface area contributed by atoms with E-state index in [9.17, 15) is 9.18 Å². The highest BCUT2D eigenvalue weighted by atomic mass is 35.5. The molecule has 1 aliphatic rings. The van der Waals surface area contributed by atoms with Crippen molar-refractivity contribution in [2.75, 3.05) is 7.11 Å². The van der Waals surface area contributed by atoms with Crippen LogP contribution in [0, 0.1) is 5.82 Å². The average molecular weight is 362 g/mol. The van der Waals surface area contributed by atoms with Crippen molar-refractivity contribution in [1.82, 2.24) is 4.98 Å². The van der Waals surface area contributed by atoms with Gasteiger partial charge in [0.25, 0.3) is 6.02 Å². The number of ether oxygens (including phenoxy) is 1. The minimum absolute atomic E-state index is 0.0174. The van der Waals surface area contributed by atoms with Crippen LogP contribution in [-0.4, -0.2) is 23.9 Å². The number of hydrogen-bond acceptors (Lipinski definition) is 4. The maximum absolute atomic E-state index is 14.3. The fraction of sp³-hybridized carbons (Fsp3) is 0.278. The molecule has 1 aliphatic carbocycles. The van der Waals surface area contributed by atoms with Gasteiger partial charge in [-0.05, 0) is 42.7 Å². The van der Waals surface area contributed by atoms with Crippen LogP contribution in [0.5, 0.6) is 0 Å². The minimum atomic E-state index is -0.693. The number of benzene rings is 1. The zero-order valence-electron chi connectivity index (χ0n) is 13.6. The van der Waals surface area contributed by atoms with Crippen molar-refractivity contribution >= 4 is 23.4 Å². The van der Waals surface area contributed by atoms with E-state index in [2.05, 4.69) is 9.98 Å². The van der Waals surface area contributed by atoms with Crippen molar-refractivity contribution in [2.45, 2.75) is 24.8 Å². The van der Waals surface area contributed by atoms with Crippen LogP contribution in [0.25, 0.3) is 0 Å². The highest BCUT2D eigenvalue weighted by Crippen LogP contribution is 2.50. The van der Waals surface area contributed by atoms with E-state index in [1.165, 1.54) is 19.4 Å². The molecule has 0 atom stereocenters. The Morgan fingerprint density at radius 3 is 2.76 bits per heavy atom. The molecule has 0 amide bonds. The number of hydrogen-bond donors (Lipinski definition) is 1. The maximum Gasteiger partial charge on any atom is 0.282 e. The van der Waals surface area contributed by atoms with Crippen LogP contribution in [0.2, 0.25) is 5.02 Å². The Balaban J connectivity index is 1.85. The van der Waals surface area contributed by atoms with Crippen molar-refractivity contribution < 1.29 is 13.9 Å². The molecule has 0 unspecified atom stereocenters. The summed E-state index contributed by atoms with van der Waals surface area (Å²) in [6.07, 6.45) is 2.90. The third-order valence-corrected chi connectivity index (χ3v) is 4.39. The summed E-state index contributed by atoms with van der Waals surface area (Å²) in [5.74, 6) is -0.537. The number of amidine groups is 1. The Bertz CT molecular complexity index is 833. The zero-order valence-corrected chi connectivity index (χ0v) is 14.4. The molecule has 130 valence electrons. The molecule has 0 radical (unpaired) electrons. The molecule has 2 aromatic rings. The van der Waals surface area contributed by atoms with Gasteiger partial charge in [-0.1, -0.05) is 17.7 Å². The predicted octanol–water partition coefficient (Wildman–Crippen LogP) is 3.25. The van der Waals surface area contributed by atoms with Gasteiger partial charge in [-0.15, -0.1) is 0 Å². The lowest BCUT2D eigenvalue weighted by Crippen LogP contribution is -2.19. The van der Waals surface area contributed by atoms with Crippen molar-refractivity contribution in [2.24, 2.45) is 10.7 Å². The Morgan fingerprint density at radius 1 is 1.40 bits per heavy atom. The van der Waals surface area contributed by atoms with Crippen LogP contribution in [0.4, 0.5) is 4.39 Å². The molecule has 1 heterocycles. The molecule has 1 aromatic heterocycles. The Labute approximate surface area is 149 Å². The molecule has 3 rings (SSSR count). The summed E-state index contributed by atoms with van der Waals surface area (Å²) in [4.78, 5) is 20.6. The first-order chi connectivity index (χ1) is 11.9. The molecule has 5 nitrogen and oxygen atoms in total. The molecular formula is C18H17ClFN3O2. The SMILES string of the molecule is COC(N)=NC1(c2cc(CC(=O)c3ccc(Cl)cn3)ccc2F)CC1.